The smallest absolute Gasteiger partial charge is 0.139 e. The summed E-state index contributed by atoms with van der Waals surface area (Å²) in [6.07, 6.45) is 1.76. The fraction of sp³-hybridized carbons (Fsp3) is 0.143. The minimum Gasteiger partial charge on any atom is -0.509 e. The average Bonchev–Trinajstić information content (AvgIpc) is 3.99. The molecule has 0 aliphatic carbocycles. The third-order valence-corrected chi connectivity index (χ3v) is 12.5. The van der Waals surface area contributed by atoms with E-state index in [1.807, 2.05) is 77.7 Å². The fourth-order valence-corrected chi connectivity index (χ4v) is 9.09. The van der Waals surface area contributed by atoms with Gasteiger partial charge in [0.2, 0.25) is 0 Å². The van der Waals surface area contributed by atoms with Gasteiger partial charge in [0, 0.05) is 78.5 Å². The summed E-state index contributed by atoms with van der Waals surface area (Å²) in [7, 11) is 0. The zero-order valence-electron chi connectivity index (χ0n) is 49.4. The zero-order valence-corrected chi connectivity index (χ0v) is 41.6. The number of nitrogens with zero attached hydrogens (tertiary/aromatic N) is 4. The molecule has 350 valence electrons. The Labute approximate surface area is 440 Å². The van der Waals surface area contributed by atoms with Crippen LogP contribution in [0.3, 0.4) is 0 Å². The van der Waals surface area contributed by atoms with Crippen LogP contribution >= 0.6 is 0 Å². The van der Waals surface area contributed by atoms with Gasteiger partial charge in [-0.15, -0.1) is 48.1 Å². The van der Waals surface area contributed by atoms with E-state index in [0.29, 0.717) is 46.0 Å². The van der Waals surface area contributed by atoms with Crippen LogP contribution in [0.4, 0.5) is 22.7 Å². The number of para-hydroxylation sites is 4. The first-order chi connectivity index (χ1) is 37.8. The van der Waals surface area contributed by atoms with E-state index >= 15 is 0 Å². The predicted octanol–water partition coefficient (Wildman–Crippen LogP) is 17.5. The molecule has 0 atom stereocenters. The van der Waals surface area contributed by atoms with Gasteiger partial charge in [-0.25, -0.2) is 4.98 Å². The molecule has 70 heavy (non-hydrogen) atoms. The largest absolute Gasteiger partial charge is 0.509 e. The Kier molecular flexibility index (Phi) is 9.96. The quantitative estimate of drug-likeness (QED) is 0.114. The molecule has 0 N–H and O–H groups in total. The van der Waals surface area contributed by atoms with E-state index in [4.69, 9.17) is 28.2 Å². The molecule has 8 aromatic carbocycles. The molecule has 1 aliphatic heterocycles. The summed E-state index contributed by atoms with van der Waals surface area (Å²) < 4.78 is 103. The Morgan fingerprint density at radius 3 is 1.84 bits per heavy atom. The molecule has 10 aromatic rings. The van der Waals surface area contributed by atoms with Crippen LogP contribution in [-0.2, 0) is 21.1 Å². The summed E-state index contributed by atoms with van der Waals surface area (Å²) in [6, 6.07) is 39.8. The summed E-state index contributed by atoms with van der Waals surface area (Å²) in [4.78, 5) is 8.49. The van der Waals surface area contributed by atoms with Crippen LogP contribution in [0.2, 0.25) is 0 Å². The molecule has 0 unspecified atom stereocenters. The molecule has 7 heteroatoms. The number of anilines is 4. The van der Waals surface area contributed by atoms with Crippen molar-refractivity contribution in [3.63, 3.8) is 0 Å². The first-order valence-electron chi connectivity index (χ1n) is 28.1. The van der Waals surface area contributed by atoms with Gasteiger partial charge in [0.05, 0.1) is 13.7 Å². The van der Waals surface area contributed by atoms with Gasteiger partial charge in [-0.1, -0.05) is 168 Å². The average molecular weight is 1100 g/mol. The topological polar surface area (TPSA) is 42.8 Å². The van der Waals surface area contributed by atoms with E-state index in [1.165, 1.54) is 5.56 Å². The Morgan fingerprint density at radius 2 is 1.19 bits per heavy atom. The third kappa shape index (κ3) is 8.67. The van der Waals surface area contributed by atoms with Crippen molar-refractivity contribution in [2.24, 2.45) is 0 Å². The number of hydrogen-bond donors (Lipinski definition) is 0. The first-order valence-corrected chi connectivity index (χ1v) is 23.1. The molecular formula is C63H53N4O2Pt-3. The van der Waals surface area contributed by atoms with Gasteiger partial charge in [0.25, 0.3) is 0 Å². The van der Waals surface area contributed by atoms with Crippen LogP contribution in [0, 0.1) is 18.8 Å². The van der Waals surface area contributed by atoms with Crippen LogP contribution in [0.5, 0.6) is 23.0 Å². The van der Waals surface area contributed by atoms with Gasteiger partial charge in [-0.3, -0.25) is 0 Å². The van der Waals surface area contributed by atoms with E-state index in [9.17, 15) is 0 Å². The van der Waals surface area contributed by atoms with Crippen molar-refractivity contribution in [2.45, 2.75) is 59.3 Å². The van der Waals surface area contributed by atoms with E-state index < -0.39 is 60.4 Å². The molecule has 11 rings (SSSR count). The predicted molar refractivity (Wildman–Crippen MR) is 284 cm³/mol. The second-order valence-electron chi connectivity index (χ2n) is 17.9. The molecule has 0 spiro atoms. The van der Waals surface area contributed by atoms with Crippen molar-refractivity contribution in [2.75, 3.05) is 9.80 Å². The minimum atomic E-state index is -0.569. The molecule has 0 saturated carbocycles. The molecule has 3 heterocycles. The maximum absolute atomic E-state index is 9.06. The summed E-state index contributed by atoms with van der Waals surface area (Å²) in [5, 5.41) is 1.95. The van der Waals surface area contributed by atoms with Gasteiger partial charge in [0.15, 0.2) is 0 Å². The number of ether oxygens (including phenoxy) is 2. The Bertz CT molecular complexity index is 3930. The number of pyridine rings is 1. The molecule has 0 radical (unpaired) electrons. The summed E-state index contributed by atoms with van der Waals surface area (Å²) in [6.45, 7) is 15.0. The maximum atomic E-state index is 9.06. The molecule has 0 amide bonds. The van der Waals surface area contributed by atoms with E-state index in [1.54, 1.807) is 42.0 Å². The second kappa shape index (κ2) is 19.5. The van der Waals surface area contributed by atoms with Crippen molar-refractivity contribution in [1.82, 2.24) is 9.55 Å². The van der Waals surface area contributed by atoms with Crippen molar-refractivity contribution in [3.8, 4) is 51.1 Å². The summed E-state index contributed by atoms with van der Waals surface area (Å²) in [5.41, 5.74) is 7.33. The third-order valence-electron chi connectivity index (χ3n) is 12.5. The normalized spacial score (nSPS) is 14.3. The van der Waals surface area contributed by atoms with Gasteiger partial charge in [-0.2, -0.15) is 12.1 Å². The number of benzene rings is 8. The van der Waals surface area contributed by atoms with Crippen LogP contribution in [0.1, 0.15) is 89.7 Å². The first kappa shape index (κ1) is 35.7. The van der Waals surface area contributed by atoms with Crippen molar-refractivity contribution < 1.29 is 44.2 Å². The molecule has 6 nitrogen and oxygen atoms in total. The summed E-state index contributed by atoms with van der Waals surface area (Å²) in [5.74, 6) is 3.75. The Hall–Kier alpha value is -7.40. The number of rotatable bonds is 12. The van der Waals surface area contributed by atoms with Gasteiger partial charge in [0.1, 0.15) is 17.3 Å². The number of fused-ring (bicyclic) bond motifs is 4. The van der Waals surface area contributed by atoms with Crippen molar-refractivity contribution >= 4 is 44.6 Å². The molecular weight excluding hydrogens is 1040 g/mol. The minimum absolute atomic E-state index is 0. The molecule has 0 saturated heterocycles. The second-order valence-corrected chi connectivity index (χ2v) is 17.9. The number of aromatic nitrogens is 2. The molecule has 2 aromatic heterocycles. The molecule has 0 bridgehead atoms. The van der Waals surface area contributed by atoms with Gasteiger partial charge >= 0.3 is 0 Å². The maximum Gasteiger partial charge on any atom is 0.139 e. The van der Waals surface area contributed by atoms with Gasteiger partial charge < -0.3 is 23.8 Å². The Balaban J connectivity index is 0.00000720. The molecule has 0 fully saturated rings. The zero-order chi connectivity index (χ0) is 55.9. The van der Waals surface area contributed by atoms with Crippen molar-refractivity contribution in [3.05, 3.63) is 223 Å². The van der Waals surface area contributed by atoms with Crippen molar-refractivity contribution in [1.29, 1.82) is 0 Å². The molecule has 1 aliphatic rings. The van der Waals surface area contributed by atoms with E-state index in [0.717, 1.165) is 38.7 Å². The van der Waals surface area contributed by atoms with E-state index in [2.05, 4.69) is 82.5 Å². The number of hydrogen-bond acceptors (Lipinski definition) is 5. The van der Waals surface area contributed by atoms with Gasteiger partial charge in [-0.05, 0) is 75.2 Å². The van der Waals surface area contributed by atoms with Crippen LogP contribution in [-0.4, -0.2) is 9.55 Å². The Morgan fingerprint density at radius 1 is 0.571 bits per heavy atom. The monoisotopic (exact) mass is 1100 g/mol. The van der Waals surface area contributed by atoms with Crippen LogP contribution < -0.4 is 19.3 Å². The fourth-order valence-electron chi connectivity index (χ4n) is 9.09. The van der Waals surface area contributed by atoms with Crippen LogP contribution in [0.15, 0.2) is 188 Å². The summed E-state index contributed by atoms with van der Waals surface area (Å²) >= 11 is 0. The van der Waals surface area contributed by atoms with Crippen LogP contribution in [0.25, 0.3) is 49.9 Å². The standard InChI is InChI=1S/C63H53N4O2.Pt/c1-41(2)46-35-55(42(3)4)63(56(36-46)43(5)6)69-50-33-34-64-61(39-50)67-57-28-14-13-25-53(57)54-32-31-49(38-60(54)67)68-48-24-17-23-47(37-48)65-40-66(59-30-16-15-29-58(59)65)62-51(44-19-9-7-10-20-44)26-18-27-52(62)45-21-11-8-12-22-45;/h7-36,39-43H,1-6H3;/q-3;/i7D,8D,9D,10D,11D,12D,19D,20D,21D,22D;. The van der Waals surface area contributed by atoms with E-state index in [-0.39, 0.29) is 60.8 Å². The SMILES string of the molecule is [2H]c1c([2H])c([2H])c(-c2cccc(-c3c([2H])c([2H])c([2H])c([2H])c3[2H])c2N2[CH-]N(c3[c-]c(Oc4[c-]c5c(cc4)c4ccccc4n5-c4cc(Oc5c(C(C)C)cc(C(C)C)cc5C(C)C)ccn4)ccc3)c3ccccc32)c([2H])c1[2H].[Pt].